The molecule has 1 aliphatic rings. The minimum atomic E-state index is -0.374. The molecule has 0 unspecified atom stereocenters. The van der Waals surface area contributed by atoms with E-state index in [9.17, 15) is 9.59 Å². The number of amides is 2. The topological polar surface area (TPSA) is 95.0 Å². The van der Waals surface area contributed by atoms with Gasteiger partial charge in [-0.3, -0.25) is 9.59 Å². The molecule has 1 aromatic heterocycles. The van der Waals surface area contributed by atoms with Crippen LogP contribution in [-0.4, -0.2) is 36.9 Å². The Hall–Kier alpha value is -2.96. The molecule has 0 spiro atoms. The van der Waals surface area contributed by atoms with E-state index in [4.69, 9.17) is 19.6 Å². The number of para-hydroxylation sites is 2. The number of nitrogens with zero attached hydrogens (tertiary/aromatic N) is 1. The Morgan fingerprint density at radius 3 is 2.68 bits per heavy atom. The van der Waals surface area contributed by atoms with Crippen molar-refractivity contribution in [3.8, 4) is 11.5 Å². The van der Waals surface area contributed by atoms with E-state index < -0.39 is 0 Å². The number of likely N-dealkylation sites (tertiary alicyclic amines) is 1. The van der Waals surface area contributed by atoms with Gasteiger partial charge in [0.1, 0.15) is 12.4 Å². The van der Waals surface area contributed by atoms with Crippen LogP contribution < -0.4 is 15.2 Å². The maximum atomic E-state index is 12.4. The number of primary amides is 1. The molecule has 0 radical (unpaired) electrons. The van der Waals surface area contributed by atoms with Gasteiger partial charge in [0.15, 0.2) is 17.3 Å². The minimum Gasteiger partial charge on any atom is -0.493 e. The SMILES string of the molecule is COc1ccccc1OCc1ccc(C(=O)N2CC[C@H](C(N)=O)C2)o1. The number of ether oxygens (including phenoxy) is 2. The van der Waals surface area contributed by atoms with Gasteiger partial charge >= 0.3 is 0 Å². The molecule has 7 nitrogen and oxygen atoms in total. The van der Waals surface area contributed by atoms with E-state index >= 15 is 0 Å². The number of nitrogens with two attached hydrogens (primary N) is 1. The number of rotatable bonds is 6. The van der Waals surface area contributed by atoms with Crippen LogP contribution in [0.2, 0.25) is 0 Å². The van der Waals surface area contributed by atoms with Gasteiger partial charge in [-0.15, -0.1) is 0 Å². The molecule has 1 aliphatic heterocycles. The van der Waals surface area contributed by atoms with Crippen LogP contribution in [0.25, 0.3) is 0 Å². The normalized spacial score (nSPS) is 16.7. The molecule has 0 bridgehead atoms. The third kappa shape index (κ3) is 3.76. The zero-order chi connectivity index (χ0) is 17.8. The molecule has 7 heteroatoms. The molecule has 2 aromatic rings. The Balaban J connectivity index is 1.61. The molecule has 1 aromatic carbocycles. The van der Waals surface area contributed by atoms with Crippen molar-refractivity contribution in [3.63, 3.8) is 0 Å². The van der Waals surface area contributed by atoms with Gasteiger partial charge in [-0.25, -0.2) is 0 Å². The van der Waals surface area contributed by atoms with E-state index in [0.29, 0.717) is 36.8 Å². The Labute approximate surface area is 145 Å². The van der Waals surface area contributed by atoms with Crippen molar-refractivity contribution in [2.45, 2.75) is 13.0 Å². The fraction of sp³-hybridized carbons (Fsp3) is 0.333. The first-order valence-electron chi connectivity index (χ1n) is 8.01. The largest absolute Gasteiger partial charge is 0.493 e. The molecule has 3 rings (SSSR count). The fourth-order valence-electron chi connectivity index (χ4n) is 2.79. The van der Waals surface area contributed by atoms with Gasteiger partial charge < -0.3 is 24.5 Å². The zero-order valence-electron chi connectivity index (χ0n) is 13.9. The minimum absolute atomic E-state index is 0.178. The van der Waals surface area contributed by atoms with Crippen LogP contribution in [0.5, 0.6) is 11.5 Å². The third-order valence-corrected chi connectivity index (χ3v) is 4.19. The monoisotopic (exact) mass is 344 g/mol. The molecule has 2 heterocycles. The second-order valence-corrected chi connectivity index (χ2v) is 5.84. The smallest absolute Gasteiger partial charge is 0.289 e. The number of hydrogen-bond donors (Lipinski definition) is 1. The van der Waals surface area contributed by atoms with Gasteiger partial charge in [0.05, 0.1) is 13.0 Å². The summed E-state index contributed by atoms with van der Waals surface area (Å²) >= 11 is 0. The number of carbonyl (C=O) groups excluding carboxylic acids is 2. The number of hydrogen-bond acceptors (Lipinski definition) is 5. The molecular formula is C18H20N2O5. The maximum absolute atomic E-state index is 12.4. The van der Waals surface area contributed by atoms with Crippen LogP contribution in [-0.2, 0) is 11.4 Å². The molecule has 0 saturated carbocycles. The zero-order valence-corrected chi connectivity index (χ0v) is 13.9. The number of furan rings is 1. The summed E-state index contributed by atoms with van der Waals surface area (Å²) in [5.41, 5.74) is 5.29. The lowest BCUT2D eigenvalue weighted by Gasteiger charge is -2.14. The van der Waals surface area contributed by atoms with Crippen molar-refractivity contribution < 1.29 is 23.5 Å². The lowest BCUT2D eigenvalue weighted by molar-refractivity contribution is -0.121. The first-order chi connectivity index (χ1) is 12.1. The summed E-state index contributed by atoms with van der Waals surface area (Å²) in [6, 6.07) is 10.6. The summed E-state index contributed by atoms with van der Waals surface area (Å²) in [4.78, 5) is 25.2. The highest BCUT2D eigenvalue weighted by Crippen LogP contribution is 2.27. The van der Waals surface area contributed by atoms with Crippen molar-refractivity contribution in [3.05, 3.63) is 47.9 Å². The summed E-state index contributed by atoms with van der Waals surface area (Å²) in [6.45, 7) is 1.01. The summed E-state index contributed by atoms with van der Waals surface area (Å²) in [6.07, 6.45) is 0.589. The van der Waals surface area contributed by atoms with Gasteiger partial charge in [0.2, 0.25) is 5.91 Å². The van der Waals surface area contributed by atoms with E-state index in [0.717, 1.165) is 0 Å². The fourth-order valence-corrected chi connectivity index (χ4v) is 2.79. The molecule has 132 valence electrons. The van der Waals surface area contributed by atoms with Crippen molar-refractivity contribution >= 4 is 11.8 Å². The van der Waals surface area contributed by atoms with E-state index in [1.807, 2.05) is 12.1 Å². The van der Waals surface area contributed by atoms with Crippen molar-refractivity contribution in [1.29, 1.82) is 0 Å². The van der Waals surface area contributed by atoms with E-state index in [2.05, 4.69) is 0 Å². The lowest BCUT2D eigenvalue weighted by atomic mass is 10.1. The highest BCUT2D eigenvalue weighted by Gasteiger charge is 2.31. The molecule has 1 atom stereocenters. The van der Waals surface area contributed by atoms with Crippen LogP contribution >= 0.6 is 0 Å². The molecule has 1 saturated heterocycles. The highest BCUT2D eigenvalue weighted by molar-refractivity contribution is 5.92. The molecule has 0 aliphatic carbocycles. The second-order valence-electron chi connectivity index (χ2n) is 5.84. The van der Waals surface area contributed by atoms with Crippen molar-refractivity contribution in [1.82, 2.24) is 4.90 Å². The highest BCUT2D eigenvalue weighted by atomic mass is 16.5. The molecular weight excluding hydrogens is 324 g/mol. The molecule has 1 fully saturated rings. The summed E-state index contributed by atoms with van der Waals surface area (Å²) < 4.78 is 16.5. The molecule has 25 heavy (non-hydrogen) atoms. The van der Waals surface area contributed by atoms with Crippen LogP contribution in [0.3, 0.4) is 0 Å². The predicted molar refractivity (Wildman–Crippen MR) is 89.2 cm³/mol. The third-order valence-electron chi connectivity index (χ3n) is 4.19. The summed E-state index contributed by atoms with van der Waals surface area (Å²) in [5.74, 6) is 1.07. The molecule has 2 N–H and O–H groups in total. The van der Waals surface area contributed by atoms with E-state index in [1.165, 1.54) is 0 Å². The first kappa shape index (κ1) is 16.9. The van der Waals surface area contributed by atoms with Crippen LogP contribution in [0, 0.1) is 5.92 Å². The van der Waals surface area contributed by atoms with Crippen molar-refractivity contribution in [2.75, 3.05) is 20.2 Å². The quantitative estimate of drug-likeness (QED) is 0.862. The lowest BCUT2D eigenvalue weighted by Crippen LogP contribution is -2.31. The standard InChI is InChI=1S/C18H20N2O5/c1-23-14-4-2-3-5-15(14)24-11-13-6-7-16(25-13)18(22)20-9-8-12(10-20)17(19)21/h2-7,12H,8-11H2,1H3,(H2,19,21)/t12-/m0/s1. The van der Waals surface area contributed by atoms with Gasteiger partial charge in [-0.05, 0) is 30.7 Å². The average Bonchev–Trinajstić information content (AvgIpc) is 3.29. The number of methoxy groups -OCH3 is 1. The maximum Gasteiger partial charge on any atom is 0.289 e. The molecule has 2 amide bonds. The Bertz CT molecular complexity index is 770. The van der Waals surface area contributed by atoms with Gasteiger partial charge in [-0.1, -0.05) is 12.1 Å². The Kier molecular flexibility index (Phi) is 4.92. The first-order valence-corrected chi connectivity index (χ1v) is 8.01. The van der Waals surface area contributed by atoms with Crippen LogP contribution in [0.4, 0.5) is 0 Å². The van der Waals surface area contributed by atoms with Crippen molar-refractivity contribution in [2.24, 2.45) is 11.7 Å². The van der Waals surface area contributed by atoms with Gasteiger partial charge in [-0.2, -0.15) is 0 Å². The van der Waals surface area contributed by atoms with Gasteiger partial charge in [0, 0.05) is 13.1 Å². The second kappa shape index (κ2) is 7.29. The summed E-state index contributed by atoms with van der Waals surface area (Å²) in [5, 5.41) is 0. The van der Waals surface area contributed by atoms with Crippen LogP contribution in [0.1, 0.15) is 22.7 Å². The Morgan fingerprint density at radius 2 is 2.00 bits per heavy atom. The van der Waals surface area contributed by atoms with E-state index in [1.54, 1.807) is 36.3 Å². The predicted octanol–water partition coefficient (Wildman–Crippen LogP) is 1.81. The average molecular weight is 344 g/mol. The summed E-state index contributed by atoms with van der Waals surface area (Å²) in [7, 11) is 1.57. The van der Waals surface area contributed by atoms with E-state index in [-0.39, 0.29) is 30.1 Å². The van der Waals surface area contributed by atoms with Crippen LogP contribution in [0.15, 0.2) is 40.8 Å². The number of carbonyl (C=O) groups is 2. The van der Waals surface area contributed by atoms with Gasteiger partial charge in [0.25, 0.3) is 5.91 Å². The number of benzene rings is 1. The Morgan fingerprint density at radius 1 is 1.24 bits per heavy atom.